The summed E-state index contributed by atoms with van der Waals surface area (Å²) < 4.78 is 5.93. The maximum absolute atomic E-state index is 5.93. The van der Waals surface area contributed by atoms with Crippen molar-refractivity contribution < 1.29 is 4.74 Å². The van der Waals surface area contributed by atoms with Crippen LogP contribution in [0.15, 0.2) is 30.3 Å². The first-order chi connectivity index (χ1) is 9.20. The summed E-state index contributed by atoms with van der Waals surface area (Å²) in [6, 6.07) is 10.7. The summed E-state index contributed by atoms with van der Waals surface area (Å²) in [5.41, 5.74) is 4.19. The quantitative estimate of drug-likeness (QED) is 0.633. The molecule has 1 saturated carbocycles. The molecule has 2 rings (SSSR count). The first kappa shape index (κ1) is 14.5. The van der Waals surface area contributed by atoms with Crippen LogP contribution in [0.3, 0.4) is 0 Å². The minimum atomic E-state index is -0.123. The van der Waals surface area contributed by atoms with Crippen molar-refractivity contribution >= 4 is 0 Å². The lowest BCUT2D eigenvalue weighted by atomic mass is 9.73. The highest BCUT2D eigenvalue weighted by Crippen LogP contribution is 2.38. The van der Waals surface area contributed by atoms with Crippen LogP contribution in [0.4, 0.5) is 0 Å². The van der Waals surface area contributed by atoms with E-state index < -0.39 is 0 Å². The molecule has 0 heterocycles. The molecule has 1 aliphatic rings. The molecule has 0 aromatic heterocycles. The second kappa shape index (κ2) is 6.51. The highest BCUT2D eigenvalue weighted by atomic mass is 16.5. The van der Waals surface area contributed by atoms with E-state index in [0.717, 1.165) is 19.3 Å². The summed E-state index contributed by atoms with van der Waals surface area (Å²) in [7, 11) is 1.83. The molecule has 1 aromatic rings. The van der Waals surface area contributed by atoms with E-state index in [0.29, 0.717) is 5.92 Å². The lowest BCUT2D eigenvalue weighted by Gasteiger charge is -2.44. The summed E-state index contributed by atoms with van der Waals surface area (Å²) in [6.45, 7) is 2.31. The molecule has 19 heavy (non-hydrogen) atoms. The van der Waals surface area contributed by atoms with Crippen LogP contribution in [-0.2, 0) is 11.2 Å². The van der Waals surface area contributed by atoms with E-state index in [9.17, 15) is 0 Å². The molecule has 0 spiro atoms. The van der Waals surface area contributed by atoms with E-state index in [1.807, 2.05) is 13.2 Å². The van der Waals surface area contributed by atoms with E-state index in [-0.39, 0.29) is 11.6 Å². The van der Waals surface area contributed by atoms with E-state index in [2.05, 4.69) is 36.6 Å². The van der Waals surface area contributed by atoms with Gasteiger partial charge in [-0.25, -0.2) is 0 Å². The molecule has 3 heteroatoms. The zero-order valence-electron chi connectivity index (χ0n) is 12.1. The first-order valence-electron chi connectivity index (χ1n) is 7.25. The maximum Gasteiger partial charge on any atom is 0.0850 e. The second-order valence-corrected chi connectivity index (χ2v) is 5.88. The highest BCUT2D eigenvalue weighted by molar-refractivity contribution is 5.17. The van der Waals surface area contributed by atoms with Crippen molar-refractivity contribution in [2.24, 2.45) is 11.8 Å². The molecule has 3 unspecified atom stereocenters. The fourth-order valence-corrected chi connectivity index (χ4v) is 3.43. The molecule has 1 aromatic carbocycles. The van der Waals surface area contributed by atoms with Crippen LogP contribution in [0.2, 0.25) is 0 Å². The van der Waals surface area contributed by atoms with Gasteiger partial charge in [0.25, 0.3) is 0 Å². The van der Waals surface area contributed by atoms with E-state index in [1.165, 1.54) is 18.4 Å². The van der Waals surface area contributed by atoms with Crippen molar-refractivity contribution in [3.8, 4) is 0 Å². The molecule has 3 atom stereocenters. The van der Waals surface area contributed by atoms with Gasteiger partial charge in [-0.05, 0) is 30.7 Å². The van der Waals surface area contributed by atoms with Crippen molar-refractivity contribution in [3.05, 3.63) is 35.9 Å². The Kier molecular flexibility index (Phi) is 4.97. The van der Waals surface area contributed by atoms with Crippen LogP contribution in [0.25, 0.3) is 0 Å². The van der Waals surface area contributed by atoms with Gasteiger partial charge < -0.3 is 4.74 Å². The Morgan fingerprint density at radius 2 is 2.16 bits per heavy atom. The van der Waals surface area contributed by atoms with Crippen molar-refractivity contribution in [2.45, 2.75) is 50.7 Å². The van der Waals surface area contributed by atoms with E-state index >= 15 is 0 Å². The molecular weight excluding hydrogens is 236 g/mol. The van der Waals surface area contributed by atoms with Crippen molar-refractivity contribution in [1.82, 2.24) is 5.43 Å². The Bertz CT molecular complexity index is 382. The molecule has 3 nitrogen and oxygen atoms in total. The number of rotatable bonds is 5. The van der Waals surface area contributed by atoms with Crippen LogP contribution in [-0.4, -0.2) is 18.8 Å². The SMILES string of the molecule is COC1(C(Cc2ccccc2)NN)CCCC(C)C1. The number of benzene rings is 1. The first-order valence-corrected chi connectivity index (χ1v) is 7.25. The van der Waals surface area contributed by atoms with Gasteiger partial charge in [0.2, 0.25) is 0 Å². The molecule has 106 valence electrons. The average Bonchev–Trinajstić information content (AvgIpc) is 2.45. The van der Waals surface area contributed by atoms with Gasteiger partial charge in [-0.2, -0.15) is 0 Å². The van der Waals surface area contributed by atoms with Crippen LogP contribution in [0.5, 0.6) is 0 Å². The van der Waals surface area contributed by atoms with Gasteiger partial charge in [0.15, 0.2) is 0 Å². The topological polar surface area (TPSA) is 47.3 Å². The van der Waals surface area contributed by atoms with E-state index in [4.69, 9.17) is 10.6 Å². The second-order valence-electron chi connectivity index (χ2n) is 5.88. The summed E-state index contributed by atoms with van der Waals surface area (Å²) in [5, 5.41) is 0. The highest BCUT2D eigenvalue weighted by Gasteiger charge is 2.41. The molecule has 1 aliphatic carbocycles. The third-order valence-electron chi connectivity index (χ3n) is 4.52. The minimum Gasteiger partial charge on any atom is -0.377 e. The lowest BCUT2D eigenvalue weighted by Crippen LogP contribution is -2.57. The summed E-state index contributed by atoms with van der Waals surface area (Å²) in [6.07, 6.45) is 5.62. The monoisotopic (exact) mass is 262 g/mol. The number of nitrogens with one attached hydrogen (secondary N) is 1. The molecule has 1 fully saturated rings. The fraction of sp³-hybridized carbons (Fsp3) is 0.625. The fourth-order valence-electron chi connectivity index (χ4n) is 3.43. The molecule has 0 radical (unpaired) electrons. The Hall–Kier alpha value is -0.900. The smallest absolute Gasteiger partial charge is 0.0850 e. The average molecular weight is 262 g/mol. The largest absolute Gasteiger partial charge is 0.377 e. The molecule has 3 N–H and O–H groups in total. The third kappa shape index (κ3) is 3.35. The molecule has 0 saturated heterocycles. The Morgan fingerprint density at radius 3 is 2.74 bits per heavy atom. The van der Waals surface area contributed by atoms with Gasteiger partial charge in [-0.3, -0.25) is 11.3 Å². The van der Waals surface area contributed by atoms with Gasteiger partial charge in [-0.15, -0.1) is 0 Å². The van der Waals surface area contributed by atoms with Crippen LogP contribution in [0, 0.1) is 5.92 Å². The maximum atomic E-state index is 5.93. The summed E-state index contributed by atoms with van der Waals surface area (Å²) >= 11 is 0. The Morgan fingerprint density at radius 1 is 1.42 bits per heavy atom. The van der Waals surface area contributed by atoms with Gasteiger partial charge >= 0.3 is 0 Å². The Balaban J connectivity index is 2.14. The van der Waals surface area contributed by atoms with Crippen molar-refractivity contribution in [1.29, 1.82) is 0 Å². The van der Waals surface area contributed by atoms with E-state index in [1.54, 1.807) is 0 Å². The number of hydrogen-bond donors (Lipinski definition) is 2. The predicted octanol–water partition coefficient (Wildman–Crippen LogP) is 2.66. The molecule has 0 amide bonds. The zero-order chi connectivity index (χ0) is 13.7. The molecular formula is C16H26N2O. The van der Waals surface area contributed by atoms with Crippen LogP contribution >= 0.6 is 0 Å². The van der Waals surface area contributed by atoms with Crippen molar-refractivity contribution in [3.63, 3.8) is 0 Å². The number of ether oxygens (including phenoxy) is 1. The number of nitrogens with two attached hydrogens (primary N) is 1. The third-order valence-corrected chi connectivity index (χ3v) is 4.52. The predicted molar refractivity (Wildman–Crippen MR) is 78.6 cm³/mol. The van der Waals surface area contributed by atoms with Gasteiger partial charge in [-0.1, -0.05) is 50.1 Å². The minimum absolute atomic E-state index is 0.123. The van der Waals surface area contributed by atoms with Gasteiger partial charge in [0.05, 0.1) is 11.6 Å². The van der Waals surface area contributed by atoms with Gasteiger partial charge in [0.1, 0.15) is 0 Å². The Labute approximate surface area is 116 Å². The number of methoxy groups -OCH3 is 1. The zero-order valence-corrected chi connectivity index (χ0v) is 12.1. The lowest BCUT2D eigenvalue weighted by molar-refractivity contribution is -0.0791. The van der Waals surface area contributed by atoms with Gasteiger partial charge in [0, 0.05) is 7.11 Å². The molecule has 0 aliphatic heterocycles. The summed E-state index contributed by atoms with van der Waals surface area (Å²) in [5.74, 6) is 6.54. The molecule has 0 bridgehead atoms. The van der Waals surface area contributed by atoms with Crippen molar-refractivity contribution in [2.75, 3.05) is 7.11 Å². The van der Waals surface area contributed by atoms with Crippen LogP contribution < -0.4 is 11.3 Å². The standard InChI is InChI=1S/C16H26N2O/c1-13-7-6-10-16(12-13,19-2)15(18-17)11-14-8-4-3-5-9-14/h3-5,8-9,13,15,18H,6-7,10-12,17H2,1-2H3. The number of hydrazine groups is 1. The summed E-state index contributed by atoms with van der Waals surface area (Å²) in [4.78, 5) is 0. The van der Waals surface area contributed by atoms with Crippen LogP contribution in [0.1, 0.15) is 38.2 Å². The normalized spacial score (nSPS) is 29.1. The number of hydrogen-bond acceptors (Lipinski definition) is 3.